The monoisotopic (exact) mass is 164 g/mol. The van der Waals surface area contributed by atoms with E-state index in [4.69, 9.17) is 20.4 Å². The van der Waals surface area contributed by atoms with Crippen molar-refractivity contribution < 1.29 is 25.2 Å². The highest BCUT2D eigenvalue weighted by Gasteiger charge is 2.28. The molecule has 0 spiro atoms. The SMILES string of the molecule is CC[C@H](O)[C@@H](O)[C@H](O)C(=O)O. The number of carboxylic acids is 1. The van der Waals surface area contributed by atoms with Crippen LogP contribution in [0.1, 0.15) is 13.3 Å². The number of aliphatic hydroxyl groups excluding tert-OH is 3. The highest BCUT2D eigenvalue weighted by atomic mass is 16.4. The maximum absolute atomic E-state index is 10.0. The zero-order valence-electron chi connectivity index (χ0n) is 6.14. The van der Waals surface area contributed by atoms with E-state index in [2.05, 4.69) is 0 Å². The smallest absolute Gasteiger partial charge is 0.335 e. The second-order valence-corrected chi connectivity index (χ2v) is 2.25. The Bertz CT molecular complexity index is 135. The van der Waals surface area contributed by atoms with Crippen LogP contribution in [-0.2, 0) is 4.79 Å². The summed E-state index contributed by atoms with van der Waals surface area (Å²) >= 11 is 0. The highest BCUT2D eigenvalue weighted by Crippen LogP contribution is 2.03. The van der Waals surface area contributed by atoms with Crippen LogP contribution in [0.15, 0.2) is 0 Å². The molecule has 0 rings (SSSR count). The molecule has 0 fully saturated rings. The molecule has 0 aliphatic heterocycles. The van der Waals surface area contributed by atoms with E-state index in [0.717, 1.165) is 0 Å². The van der Waals surface area contributed by atoms with Crippen molar-refractivity contribution in [3.05, 3.63) is 0 Å². The van der Waals surface area contributed by atoms with Crippen LogP contribution in [0.5, 0.6) is 0 Å². The molecule has 0 bridgehead atoms. The summed E-state index contributed by atoms with van der Waals surface area (Å²) in [7, 11) is 0. The fourth-order valence-corrected chi connectivity index (χ4v) is 0.598. The summed E-state index contributed by atoms with van der Waals surface area (Å²) in [6.07, 6.45) is -4.52. The van der Waals surface area contributed by atoms with Crippen LogP contribution in [0.25, 0.3) is 0 Å². The molecule has 4 N–H and O–H groups in total. The van der Waals surface area contributed by atoms with Crippen LogP contribution in [0.4, 0.5) is 0 Å². The highest BCUT2D eigenvalue weighted by molar-refractivity contribution is 5.72. The summed E-state index contributed by atoms with van der Waals surface area (Å²) < 4.78 is 0. The van der Waals surface area contributed by atoms with E-state index in [-0.39, 0.29) is 6.42 Å². The number of hydrogen-bond donors (Lipinski definition) is 4. The molecule has 11 heavy (non-hydrogen) atoms. The van der Waals surface area contributed by atoms with Gasteiger partial charge in [-0.3, -0.25) is 0 Å². The van der Waals surface area contributed by atoms with Crippen LogP contribution < -0.4 is 0 Å². The standard InChI is InChI=1S/C6H12O5/c1-2-3(7)4(8)5(9)6(10)11/h3-5,7-9H,2H2,1H3,(H,10,11)/t3-,4+,5-/m0/s1. The molecular weight excluding hydrogens is 152 g/mol. The maximum atomic E-state index is 10.0. The molecule has 5 nitrogen and oxygen atoms in total. The summed E-state index contributed by atoms with van der Waals surface area (Å²) in [6.45, 7) is 1.57. The van der Waals surface area contributed by atoms with Gasteiger partial charge in [-0.15, -0.1) is 0 Å². The van der Waals surface area contributed by atoms with Crippen LogP contribution in [0.3, 0.4) is 0 Å². The van der Waals surface area contributed by atoms with Crippen molar-refractivity contribution in [2.45, 2.75) is 31.7 Å². The molecule has 0 heterocycles. The summed E-state index contributed by atoms with van der Waals surface area (Å²) in [5.74, 6) is -1.54. The molecule has 3 atom stereocenters. The minimum atomic E-state index is -1.91. The molecule has 0 aliphatic carbocycles. The van der Waals surface area contributed by atoms with Gasteiger partial charge in [-0.25, -0.2) is 4.79 Å². The Hall–Kier alpha value is -0.650. The molecule has 5 heteroatoms. The summed E-state index contributed by atoms with van der Waals surface area (Å²) in [6, 6.07) is 0. The lowest BCUT2D eigenvalue weighted by molar-refractivity contribution is -0.158. The number of carbonyl (C=O) groups is 1. The normalized spacial score (nSPS) is 18.9. The number of aliphatic hydroxyl groups is 3. The molecule has 0 saturated heterocycles. The first-order chi connectivity index (χ1) is 5.00. The largest absolute Gasteiger partial charge is 0.479 e. The molecule has 0 radical (unpaired) electrons. The Morgan fingerprint density at radius 3 is 2.09 bits per heavy atom. The Balaban J connectivity index is 4.00. The van der Waals surface area contributed by atoms with E-state index in [9.17, 15) is 4.79 Å². The minimum Gasteiger partial charge on any atom is -0.479 e. The Morgan fingerprint density at radius 2 is 1.82 bits per heavy atom. The number of carboxylic acid groups (broad SMARTS) is 1. The molecule has 0 aromatic carbocycles. The number of aliphatic carboxylic acids is 1. The third-order valence-electron chi connectivity index (χ3n) is 1.39. The number of rotatable bonds is 4. The fraction of sp³-hybridized carbons (Fsp3) is 0.833. The van der Waals surface area contributed by atoms with Crippen LogP contribution in [0.2, 0.25) is 0 Å². The Morgan fingerprint density at radius 1 is 1.36 bits per heavy atom. The number of hydrogen-bond acceptors (Lipinski definition) is 4. The van der Waals surface area contributed by atoms with Gasteiger partial charge in [-0.1, -0.05) is 6.92 Å². The van der Waals surface area contributed by atoms with Gasteiger partial charge in [0.1, 0.15) is 6.10 Å². The van der Waals surface area contributed by atoms with Gasteiger partial charge in [0.2, 0.25) is 0 Å². The van der Waals surface area contributed by atoms with Gasteiger partial charge < -0.3 is 20.4 Å². The summed E-state index contributed by atoms with van der Waals surface area (Å²) in [5.41, 5.74) is 0. The maximum Gasteiger partial charge on any atom is 0.335 e. The topological polar surface area (TPSA) is 98.0 Å². The molecule has 0 aromatic heterocycles. The lowest BCUT2D eigenvalue weighted by Crippen LogP contribution is -2.41. The van der Waals surface area contributed by atoms with E-state index in [1.54, 1.807) is 6.92 Å². The molecule has 0 amide bonds. The fourth-order valence-electron chi connectivity index (χ4n) is 0.598. The average Bonchev–Trinajstić information content (AvgIpc) is 2.00. The van der Waals surface area contributed by atoms with E-state index >= 15 is 0 Å². The van der Waals surface area contributed by atoms with Crippen molar-refractivity contribution in [1.82, 2.24) is 0 Å². The third-order valence-corrected chi connectivity index (χ3v) is 1.39. The predicted octanol–water partition coefficient (Wildman–Crippen LogP) is -1.44. The zero-order chi connectivity index (χ0) is 9.02. The van der Waals surface area contributed by atoms with Gasteiger partial charge in [0.15, 0.2) is 6.10 Å². The zero-order valence-corrected chi connectivity index (χ0v) is 6.14. The van der Waals surface area contributed by atoms with Gasteiger partial charge in [0, 0.05) is 0 Å². The predicted molar refractivity (Wildman–Crippen MR) is 35.9 cm³/mol. The lowest BCUT2D eigenvalue weighted by atomic mass is 10.1. The molecule has 0 unspecified atom stereocenters. The van der Waals surface area contributed by atoms with Crippen LogP contribution in [0, 0.1) is 0 Å². The van der Waals surface area contributed by atoms with Gasteiger partial charge in [0.25, 0.3) is 0 Å². The van der Waals surface area contributed by atoms with Crippen molar-refractivity contribution >= 4 is 5.97 Å². The Kier molecular flexibility index (Phi) is 4.02. The first-order valence-corrected chi connectivity index (χ1v) is 3.27. The molecular formula is C6H12O5. The first-order valence-electron chi connectivity index (χ1n) is 3.27. The lowest BCUT2D eigenvalue weighted by Gasteiger charge is -2.18. The van der Waals surface area contributed by atoms with Crippen molar-refractivity contribution in [3.63, 3.8) is 0 Å². The van der Waals surface area contributed by atoms with E-state index < -0.39 is 24.3 Å². The van der Waals surface area contributed by atoms with E-state index in [1.807, 2.05) is 0 Å². The summed E-state index contributed by atoms with van der Waals surface area (Å²) in [4.78, 5) is 10.0. The Labute approximate surface area is 63.9 Å². The molecule has 66 valence electrons. The van der Waals surface area contributed by atoms with Gasteiger partial charge in [-0.2, -0.15) is 0 Å². The quantitative estimate of drug-likeness (QED) is 0.408. The average molecular weight is 164 g/mol. The minimum absolute atomic E-state index is 0.200. The van der Waals surface area contributed by atoms with Crippen molar-refractivity contribution in [2.75, 3.05) is 0 Å². The van der Waals surface area contributed by atoms with Crippen LogP contribution >= 0.6 is 0 Å². The van der Waals surface area contributed by atoms with Crippen LogP contribution in [-0.4, -0.2) is 44.7 Å². The molecule has 0 aromatic rings. The second kappa shape index (κ2) is 4.27. The van der Waals surface area contributed by atoms with E-state index in [0.29, 0.717) is 0 Å². The van der Waals surface area contributed by atoms with Crippen molar-refractivity contribution in [1.29, 1.82) is 0 Å². The molecule has 0 aliphatic rings. The van der Waals surface area contributed by atoms with Crippen molar-refractivity contribution in [3.8, 4) is 0 Å². The first kappa shape index (κ1) is 10.3. The van der Waals surface area contributed by atoms with Gasteiger partial charge in [-0.05, 0) is 6.42 Å². The van der Waals surface area contributed by atoms with Gasteiger partial charge in [0.05, 0.1) is 6.10 Å². The molecule has 0 saturated carbocycles. The summed E-state index contributed by atoms with van der Waals surface area (Å²) in [5, 5.41) is 34.6. The van der Waals surface area contributed by atoms with Crippen molar-refractivity contribution in [2.24, 2.45) is 0 Å². The van der Waals surface area contributed by atoms with E-state index in [1.165, 1.54) is 0 Å². The third kappa shape index (κ3) is 2.83. The second-order valence-electron chi connectivity index (χ2n) is 2.25. The van der Waals surface area contributed by atoms with Gasteiger partial charge >= 0.3 is 5.97 Å².